The molecule has 15 heavy (non-hydrogen) atoms. The molecule has 0 spiro atoms. The molecule has 0 fully saturated rings. The van der Waals surface area contributed by atoms with Crippen LogP contribution in [-0.4, -0.2) is 27.7 Å². The van der Waals surface area contributed by atoms with Gasteiger partial charge in [0.05, 0.1) is 0 Å². The summed E-state index contributed by atoms with van der Waals surface area (Å²) in [6.45, 7) is 5.19. The van der Waals surface area contributed by atoms with E-state index < -0.39 is 5.97 Å². The Bertz CT molecular complexity index is 377. The van der Waals surface area contributed by atoms with Crippen LogP contribution in [0.3, 0.4) is 0 Å². The summed E-state index contributed by atoms with van der Waals surface area (Å²) in [5.74, 6) is -0.0408. The number of hydrogen-bond acceptors (Lipinski definition) is 4. The van der Waals surface area contributed by atoms with Crippen molar-refractivity contribution in [1.82, 2.24) is 9.97 Å². The van der Waals surface area contributed by atoms with Crippen LogP contribution in [0, 0.1) is 13.8 Å². The number of aromatic nitrogens is 2. The lowest BCUT2D eigenvalue weighted by Crippen LogP contribution is -2.13. The fourth-order valence-electron chi connectivity index (χ4n) is 1.36. The van der Waals surface area contributed by atoms with E-state index in [9.17, 15) is 4.79 Å². The first-order chi connectivity index (χ1) is 7.04. The summed E-state index contributed by atoms with van der Waals surface area (Å²) in [5.41, 5.74) is 1.70. The zero-order chi connectivity index (χ0) is 11.4. The summed E-state index contributed by atoms with van der Waals surface area (Å²) in [6, 6.07) is 0. The van der Waals surface area contributed by atoms with Gasteiger partial charge in [-0.25, -0.2) is 9.78 Å². The molecule has 0 aliphatic rings. The normalized spacial score (nSPS) is 10.1. The van der Waals surface area contributed by atoms with Gasteiger partial charge in [0, 0.05) is 11.3 Å². The number of aliphatic carboxylic acids is 1. The summed E-state index contributed by atoms with van der Waals surface area (Å²) in [6.07, 6.45) is 0.723. The second-order valence-electron chi connectivity index (χ2n) is 3.18. The van der Waals surface area contributed by atoms with Crippen LogP contribution in [0.15, 0.2) is 0 Å². The first kappa shape index (κ1) is 11.4. The van der Waals surface area contributed by atoms with Crippen molar-refractivity contribution >= 4 is 5.97 Å². The van der Waals surface area contributed by atoms with E-state index in [1.807, 2.05) is 13.8 Å². The topological polar surface area (TPSA) is 72.3 Å². The van der Waals surface area contributed by atoms with Crippen molar-refractivity contribution in [2.24, 2.45) is 0 Å². The number of carboxylic acids is 1. The SMILES string of the molecule is CCc1c(C)nc(C)nc1OCC(=O)O. The highest BCUT2D eigenvalue weighted by atomic mass is 16.5. The summed E-state index contributed by atoms with van der Waals surface area (Å²) >= 11 is 0. The molecule has 0 radical (unpaired) electrons. The Hall–Kier alpha value is -1.65. The molecule has 5 nitrogen and oxygen atoms in total. The van der Waals surface area contributed by atoms with Crippen LogP contribution >= 0.6 is 0 Å². The zero-order valence-electron chi connectivity index (χ0n) is 9.07. The lowest BCUT2D eigenvalue weighted by atomic mass is 10.2. The first-order valence-electron chi connectivity index (χ1n) is 4.73. The standard InChI is InChI=1S/C10H14N2O3/c1-4-8-6(2)11-7(3)12-10(8)15-5-9(13)14/h4-5H2,1-3H3,(H,13,14). The third kappa shape index (κ3) is 2.90. The molecule has 0 atom stereocenters. The quantitative estimate of drug-likeness (QED) is 0.806. The van der Waals surface area contributed by atoms with E-state index in [1.165, 1.54) is 0 Å². The van der Waals surface area contributed by atoms with Gasteiger partial charge in [0.1, 0.15) is 5.82 Å². The van der Waals surface area contributed by atoms with Gasteiger partial charge in [-0.1, -0.05) is 6.92 Å². The van der Waals surface area contributed by atoms with Crippen molar-refractivity contribution in [2.75, 3.05) is 6.61 Å². The van der Waals surface area contributed by atoms with E-state index >= 15 is 0 Å². The van der Waals surface area contributed by atoms with Crippen LogP contribution < -0.4 is 4.74 Å². The largest absolute Gasteiger partial charge is 0.479 e. The molecule has 0 bridgehead atoms. The fourth-order valence-corrected chi connectivity index (χ4v) is 1.36. The monoisotopic (exact) mass is 210 g/mol. The third-order valence-electron chi connectivity index (χ3n) is 1.97. The predicted octanol–water partition coefficient (Wildman–Crippen LogP) is 1.12. The van der Waals surface area contributed by atoms with Crippen molar-refractivity contribution in [3.63, 3.8) is 0 Å². The molecule has 5 heteroatoms. The van der Waals surface area contributed by atoms with Gasteiger partial charge in [-0.2, -0.15) is 4.98 Å². The molecule has 0 amide bonds. The van der Waals surface area contributed by atoms with Gasteiger partial charge >= 0.3 is 5.97 Å². The van der Waals surface area contributed by atoms with Crippen LogP contribution in [0.4, 0.5) is 0 Å². The van der Waals surface area contributed by atoms with E-state index in [-0.39, 0.29) is 6.61 Å². The summed E-state index contributed by atoms with van der Waals surface area (Å²) in [7, 11) is 0. The number of ether oxygens (including phenoxy) is 1. The molecule has 0 unspecified atom stereocenters. The minimum absolute atomic E-state index is 0.372. The Kier molecular flexibility index (Phi) is 3.60. The van der Waals surface area contributed by atoms with Crippen molar-refractivity contribution in [2.45, 2.75) is 27.2 Å². The maximum atomic E-state index is 10.4. The zero-order valence-corrected chi connectivity index (χ0v) is 9.07. The minimum Gasteiger partial charge on any atom is -0.479 e. The number of carbonyl (C=O) groups is 1. The second-order valence-corrected chi connectivity index (χ2v) is 3.18. The number of rotatable bonds is 4. The van der Waals surface area contributed by atoms with Gasteiger partial charge in [0.15, 0.2) is 6.61 Å². The van der Waals surface area contributed by atoms with Crippen LogP contribution in [0.5, 0.6) is 5.88 Å². The molecule has 1 aromatic heterocycles. The van der Waals surface area contributed by atoms with Gasteiger partial charge in [0.25, 0.3) is 0 Å². The Labute approximate surface area is 88.1 Å². The molecule has 0 saturated heterocycles. The van der Waals surface area contributed by atoms with Crippen molar-refractivity contribution in [3.05, 3.63) is 17.1 Å². The molecule has 1 aromatic rings. The van der Waals surface area contributed by atoms with Gasteiger partial charge in [-0.3, -0.25) is 0 Å². The lowest BCUT2D eigenvalue weighted by Gasteiger charge is -2.10. The van der Waals surface area contributed by atoms with Crippen molar-refractivity contribution in [1.29, 1.82) is 0 Å². The Balaban J connectivity index is 2.98. The average molecular weight is 210 g/mol. The number of aryl methyl sites for hydroxylation is 2. The van der Waals surface area contributed by atoms with E-state index in [0.717, 1.165) is 17.7 Å². The van der Waals surface area contributed by atoms with Gasteiger partial charge in [-0.05, 0) is 20.3 Å². The van der Waals surface area contributed by atoms with Gasteiger partial charge in [-0.15, -0.1) is 0 Å². The molecule has 1 N–H and O–H groups in total. The molecular formula is C10H14N2O3. The molecular weight excluding hydrogens is 196 g/mol. The van der Waals surface area contributed by atoms with Crippen molar-refractivity contribution in [3.8, 4) is 5.88 Å². The van der Waals surface area contributed by atoms with E-state index in [2.05, 4.69) is 9.97 Å². The smallest absolute Gasteiger partial charge is 0.341 e. The van der Waals surface area contributed by atoms with Gasteiger partial charge < -0.3 is 9.84 Å². The predicted molar refractivity (Wildman–Crippen MR) is 54.0 cm³/mol. The van der Waals surface area contributed by atoms with E-state index in [1.54, 1.807) is 6.92 Å². The second kappa shape index (κ2) is 4.72. The van der Waals surface area contributed by atoms with E-state index in [0.29, 0.717) is 11.7 Å². The van der Waals surface area contributed by atoms with E-state index in [4.69, 9.17) is 9.84 Å². The third-order valence-corrected chi connectivity index (χ3v) is 1.97. The highest BCUT2D eigenvalue weighted by Gasteiger charge is 2.10. The Morgan fingerprint density at radius 2 is 2.07 bits per heavy atom. The maximum Gasteiger partial charge on any atom is 0.341 e. The number of nitrogens with zero attached hydrogens (tertiary/aromatic N) is 2. The molecule has 0 aliphatic heterocycles. The number of hydrogen-bond donors (Lipinski definition) is 1. The maximum absolute atomic E-state index is 10.4. The van der Waals surface area contributed by atoms with Crippen LogP contribution in [0.25, 0.3) is 0 Å². The van der Waals surface area contributed by atoms with Crippen molar-refractivity contribution < 1.29 is 14.6 Å². The highest BCUT2D eigenvalue weighted by Crippen LogP contribution is 2.18. The molecule has 0 saturated carbocycles. The van der Waals surface area contributed by atoms with Gasteiger partial charge in [0.2, 0.25) is 5.88 Å². The Morgan fingerprint density at radius 3 is 2.60 bits per heavy atom. The average Bonchev–Trinajstić information content (AvgIpc) is 2.13. The molecule has 0 aliphatic carbocycles. The summed E-state index contributed by atoms with van der Waals surface area (Å²) < 4.78 is 5.10. The molecule has 82 valence electrons. The number of carboxylic acid groups (broad SMARTS) is 1. The van der Waals surface area contributed by atoms with Crippen LogP contribution in [-0.2, 0) is 11.2 Å². The Morgan fingerprint density at radius 1 is 1.40 bits per heavy atom. The minimum atomic E-state index is -1.01. The lowest BCUT2D eigenvalue weighted by molar-refractivity contribution is -0.139. The molecule has 1 heterocycles. The highest BCUT2D eigenvalue weighted by molar-refractivity contribution is 5.68. The van der Waals surface area contributed by atoms with Crippen LogP contribution in [0.2, 0.25) is 0 Å². The summed E-state index contributed by atoms with van der Waals surface area (Å²) in [4.78, 5) is 18.6. The first-order valence-corrected chi connectivity index (χ1v) is 4.73. The van der Waals surface area contributed by atoms with Crippen LogP contribution in [0.1, 0.15) is 24.0 Å². The molecule has 0 aromatic carbocycles. The fraction of sp³-hybridized carbons (Fsp3) is 0.500. The molecule has 1 rings (SSSR count). The summed E-state index contributed by atoms with van der Waals surface area (Å²) in [5, 5.41) is 8.51.